The van der Waals surface area contributed by atoms with Gasteiger partial charge in [-0.05, 0) is 30.7 Å². The molecule has 32 heavy (non-hydrogen) atoms. The average molecular weight is 454 g/mol. The van der Waals surface area contributed by atoms with Crippen LogP contribution in [-0.4, -0.2) is 43.3 Å². The third-order valence-corrected chi connectivity index (χ3v) is 5.67. The van der Waals surface area contributed by atoms with Crippen LogP contribution in [0.5, 0.6) is 5.75 Å². The highest BCUT2D eigenvalue weighted by Gasteiger charge is 2.24. The second-order valence-corrected chi connectivity index (χ2v) is 8.26. The van der Waals surface area contributed by atoms with Crippen molar-refractivity contribution in [2.45, 2.75) is 19.4 Å². The van der Waals surface area contributed by atoms with Gasteiger partial charge in [-0.25, -0.2) is 0 Å². The van der Waals surface area contributed by atoms with Crippen LogP contribution in [0.2, 0.25) is 0 Å². The fourth-order valence-corrected chi connectivity index (χ4v) is 3.96. The maximum absolute atomic E-state index is 12.3. The fraction of sp³-hybridized carbons (Fsp3) is 0.227. The summed E-state index contributed by atoms with van der Waals surface area (Å²) in [6.07, 6.45) is 0.677. The van der Waals surface area contributed by atoms with Crippen LogP contribution in [0.15, 0.2) is 52.9 Å². The molecule has 1 unspecified atom stereocenters. The molecule has 0 spiro atoms. The molecular formula is C22H23N5O4S. The van der Waals surface area contributed by atoms with E-state index in [1.165, 1.54) is 11.0 Å². The molecule has 1 amide bonds. The van der Waals surface area contributed by atoms with E-state index in [2.05, 4.69) is 19.4 Å². The molecule has 9 nitrogen and oxygen atoms in total. The normalized spacial score (nSPS) is 12.6. The fourth-order valence-electron chi connectivity index (χ4n) is 3.34. The molecule has 0 aliphatic heterocycles. The Balaban J connectivity index is 1.62. The van der Waals surface area contributed by atoms with E-state index < -0.39 is 11.1 Å². The lowest BCUT2D eigenvalue weighted by Gasteiger charge is -2.15. The van der Waals surface area contributed by atoms with Crippen molar-refractivity contribution in [3.8, 4) is 5.75 Å². The summed E-state index contributed by atoms with van der Waals surface area (Å²) in [5.74, 6) is 0.623. The van der Waals surface area contributed by atoms with Crippen LogP contribution in [0.3, 0.4) is 0 Å². The standard InChI is InChI=1S/C22H23N5O4S/c1-4-15(18-12-13-8-5-6-11-17(13)31-18)23-20-21(26-32(30)25-20)24-16-10-7-9-14(19(16)28)22(29)27(2)3/h5-12,15,28H,4H2,1-3H3,(H,23,25)(H,24,26)/t15-,32?/m1/s1. The van der Waals surface area contributed by atoms with E-state index in [0.29, 0.717) is 6.42 Å². The molecule has 3 N–H and O–H groups in total. The number of carbonyl (C=O) groups excluding carboxylic acids is 1. The van der Waals surface area contributed by atoms with E-state index in [1.807, 2.05) is 37.3 Å². The van der Waals surface area contributed by atoms with Crippen LogP contribution < -0.4 is 10.6 Å². The van der Waals surface area contributed by atoms with Crippen molar-refractivity contribution in [1.29, 1.82) is 0 Å². The first-order chi connectivity index (χ1) is 15.4. The molecule has 0 saturated carbocycles. The summed E-state index contributed by atoms with van der Waals surface area (Å²) < 4.78 is 26.1. The largest absolute Gasteiger partial charge is 0.546 e. The summed E-state index contributed by atoms with van der Waals surface area (Å²) in [4.78, 5) is 13.7. The number of hydrogen-bond donors (Lipinski definition) is 3. The van der Waals surface area contributed by atoms with Gasteiger partial charge in [0.1, 0.15) is 11.3 Å². The second kappa shape index (κ2) is 8.85. The number of para-hydroxylation sites is 2. The van der Waals surface area contributed by atoms with Gasteiger partial charge in [-0.3, -0.25) is 4.79 Å². The molecule has 2 atom stereocenters. The number of anilines is 3. The Morgan fingerprint density at radius 1 is 1.19 bits per heavy atom. The molecule has 0 radical (unpaired) electrons. The van der Waals surface area contributed by atoms with Gasteiger partial charge >= 0.3 is 0 Å². The Labute approximate surface area is 187 Å². The Morgan fingerprint density at radius 3 is 2.66 bits per heavy atom. The van der Waals surface area contributed by atoms with Crippen molar-refractivity contribution in [2.24, 2.45) is 0 Å². The van der Waals surface area contributed by atoms with Crippen LogP contribution in [0.4, 0.5) is 17.3 Å². The number of aromatic hydroxyl groups is 1. The highest BCUT2D eigenvalue weighted by molar-refractivity contribution is 7.14. The molecule has 0 fully saturated rings. The molecular weight excluding hydrogens is 430 g/mol. The van der Waals surface area contributed by atoms with Gasteiger partial charge in [-0.15, -0.1) is 0 Å². The number of amides is 1. The van der Waals surface area contributed by atoms with Gasteiger partial charge in [0, 0.05) is 28.2 Å². The Bertz CT molecular complexity index is 1230. The van der Waals surface area contributed by atoms with Gasteiger partial charge in [0.2, 0.25) is 11.6 Å². The van der Waals surface area contributed by atoms with Crippen molar-refractivity contribution in [2.75, 3.05) is 24.7 Å². The number of carbonyl (C=O) groups is 1. The van der Waals surface area contributed by atoms with E-state index in [-0.39, 0.29) is 40.6 Å². The zero-order valence-corrected chi connectivity index (χ0v) is 18.6. The van der Waals surface area contributed by atoms with Gasteiger partial charge in [0.05, 0.1) is 17.3 Å². The molecule has 166 valence electrons. The first-order valence-corrected chi connectivity index (χ1v) is 11.1. The van der Waals surface area contributed by atoms with Crippen molar-refractivity contribution in [3.63, 3.8) is 0 Å². The molecule has 0 aliphatic carbocycles. The summed E-state index contributed by atoms with van der Waals surface area (Å²) >= 11 is -1.81. The molecule has 2 heterocycles. The monoisotopic (exact) mass is 453 g/mol. The van der Waals surface area contributed by atoms with E-state index in [1.54, 1.807) is 26.2 Å². The van der Waals surface area contributed by atoms with Crippen molar-refractivity contribution in [3.05, 3.63) is 59.9 Å². The van der Waals surface area contributed by atoms with E-state index in [4.69, 9.17) is 4.42 Å². The van der Waals surface area contributed by atoms with Crippen molar-refractivity contribution in [1.82, 2.24) is 13.6 Å². The van der Waals surface area contributed by atoms with Crippen molar-refractivity contribution >= 4 is 45.3 Å². The third kappa shape index (κ3) is 4.23. The molecule has 0 aliphatic rings. The lowest BCUT2D eigenvalue weighted by molar-refractivity contribution is 0.0824. The predicted molar refractivity (Wildman–Crippen MR) is 123 cm³/mol. The Hall–Kier alpha value is -3.63. The predicted octanol–water partition coefficient (Wildman–Crippen LogP) is 4.66. The maximum Gasteiger partial charge on any atom is 0.257 e. The first-order valence-electron chi connectivity index (χ1n) is 10.0. The average Bonchev–Trinajstić information content (AvgIpc) is 3.35. The topological polar surface area (TPSA) is 127 Å². The number of furan rings is 1. The number of phenols is 1. The van der Waals surface area contributed by atoms with E-state index in [0.717, 1.165) is 16.7 Å². The van der Waals surface area contributed by atoms with Crippen LogP contribution in [0.25, 0.3) is 11.0 Å². The molecule has 4 rings (SSSR count). The SMILES string of the molecule is CC[C@@H](Nc1n[s+]([O-])nc1Nc1cccc(C(=O)N(C)C)c1O)c1cc2ccccc2o1. The first kappa shape index (κ1) is 21.6. The summed E-state index contributed by atoms with van der Waals surface area (Å²) in [7, 11) is 3.20. The maximum atomic E-state index is 12.3. The molecule has 0 saturated heterocycles. The lowest BCUT2D eigenvalue weighted by Crippen LogP contribution is -2.21. The van der Waals surface area contributed by atoms with Gasteiger partial charge in [0.25, 0.3) is 5.91 Å². The minimum Gasteiger partial charge on any atom is -0.546 e. The van der Waals surface area contributed by atoms with Crippen LogP contribution in [-0.2, 0) is 0 Å². The minimum absolute atomic E-state index is 0.139. The Kier molecular flexibility index (Phi) is 5.97. The number of nitrogens with zero attached hydrogens (tertiary/aromatic N) is 3. The second-order valence-electron chi connectivity index (χ2n) is 7.43. The zero-order valence-electron chi connectivity index (χ0n) is 17.8. The zero-order chi connectivity index (χ0) is 22.8. The molecule has 0 bridgehead atoms. The van der Waals surface area contributed by atoms with Gasteiger partial charge in [-0.2, -0.15) is 0 Å². The number of nitrogens with one attached hydrogen (secondary N) is 2. The highest BCUT2D eigenvalue weighted by Crippen LogP contribution is 2.36. The van der Waals surface area contributed by atoms with Gasteiger partial charge < -0.3 is 29.6 Å². The number of benzene rings is 2. The minimum atomic E-state index is -1.81. The summed E-state index contributed by atoms with van der Waals surface area (Å²) in [5.41, 5.74) is 1.17. The van der Waals surface area contributed by atoms with Gasteiger partial charge in [0.15, 0.2) is 16.9 Å². The number of aromatic nitrogens is 2. The molecule has 4 aromatic rings. The van der Waals surface area contributed by atoms with Crippen LogP contribution in [0.1, 0.15) is 35.5 Å². The van der Waals surface area contributed by atoms with Crippen LogP contribution >= 0.6 is 11.1 Å². The van der Waals surface area contributed by atoms with Crippen molar-refractivity contribution < 1.29 is 18.9 Å². The number of phenolic OH excluding ortho intramolecular Hbond substituents is 1. The van der Waals surface area contributed by atoms with E-state index in [9.17, 15) is 14.5 Å². The summed E-state index contributed by atoms with van der Waals surface area (Å²) in [5, 5.41) is 17.8. The lowest BCUT2D eigenvalue weighted by atomic mass is 10.1. The number of fused-ring (bicyclic) bond motifs is 1. The quantitative estimate of drug-likeness (QED) is 0.272. The summed E-state index contributed by atoms with van der Waals surface area (Å²) in [6, 6.07) is 14.2. The third-order valence-electron chi connectivity index (χ3n) is 5.00. The number of hydrogen-bond acceptors (Lipinski definition) is 8. The molecule has 2 aromatic carbocycles. The summed E-state index contributed by atoms with van der Waals surface area (Å²) in [6.45, 7) is 1.99. The van der Waals surface area contributed by atoms with Gasteiger partial charge in [-0.1, -0.05) is 31.2 Å². The van der Waals surface area contributed by atoms with Crippen LogP contribution in [0, 0.1) is 0 Å². The Morgan fingerprint density at radius 2 is 1.94 bits per heavy atom. The molecule has 2 aromatic heterocycles. The van der Waals surface area contributed by atoms with E-state index >= 15 is 0 Å². The molecule has 10 heteroatoms. The number of rotatable bonds is 7. The smallest absolute Gasteiger partial charge is 0.257 e. The highest BCUT2D eigenvalue weighted by atomic mass is 32.2.